The van der Waals surface area contributed by atoms with Crippen LogP contribution in [0.3, 0.4) is 0 Å². The van der Waals surface area contributed by atoms with Crippen LogP contribution in [0.4, 0.5) is 4.39 Å². The molecule has 2 N–H and O–H groups in total. The number of allylic oxidation sites excluding steroid dienone is 1. The van der Waals surface area contributed by atoms with Gasteiger partial charge in [-0.25, -0.2) is 13.9 Å². The lowest BCUT2D eigenvalue weighted by molar-refractivity contribution is -0.213. The van der Waals surface area contributed by atoms with E-state index < -0.39 is 39.2 Å². The Balaban J connectivity index is 1.44. The van der Waals surface area contributed by atoms with Gasteiger partial charge >= 0.3 is 11.9 Å². The summed E-state index contributed by atoms with van der Waals surface area (Å²) in [5, 5.41) is 27.6. The van der Waals surface area contributed by atoms with Gasteiger partial charge in [0, 0.05) is 18.8 Å². The lowest BCUT2D eigenvalue weighted by Gasteiger charge is -2.60. The van der Waals surface area contributed by atoms with E-state index in [1.807, 2.05) is 24.7 Å². The van der Waals surface area contributed by atoms with E-state index in [9.17, 15) is 29.0 Å². The Hall–Kier alpha value is -2.98. The number of aliphatic hydroxyl groups is 1. The first-order chi connectivity index (χ1) is 20.4. The topological polar surface area (TPSA) is 119 Å². The summed E-state index contributed by atoms with van der Waals surface area (Å²) >= 11 is 1.39. The highest BCUT2D eigenvalue weighted by Gasteiger charge is 2.79. The zero-order valence-corrected chi connectivity index (χ0v) is 25.8. The number of rotatable bonds is 7. The molecule has 10 heteroatoms. The molecule has 43 heavy (non-hydrogen) atoms. The molecule has 0 spiro atoms. The van der Waals surface area contributed by atoms with Crippen LogP contribution in [0.25, 0.3) is 11.8 Å². The van der Waals surface area contributed by atoms with Crippen molar-refractivity contribution in [2.45, 2.75) is 82.7 Å². The second kappa shape index (κ2) is 10.3. The SMILES string of the molecule is CCSC1(CC=O)C[C@H]2[C@@H]3CCC4=Cc5c(cnn5-c5ccc(F)cc5)C[C@]4(C)[C@H]3[C@@H](O)C[C@]2(C)[C@@]1(OC(C)=O)C(=O)O. The Morgan fingerprint density at radius 2 is 1.95 bits per heavy atom. The normalized spacial score (nSPS) is 37.8. The molecule has 8 atom stereocenters. The Morgan fingerprint density at radius 1 is 1.23 bits per heavy atom. The molecule has 230 valence electrons. The van der Waals surface area contributed by atoms with Crippen molar-refractivity contribution in [1.82, 2.24) is 9.78 Å². The molecule has 6 rings (SSSR count). The molecule has 0 amide bonds. The number of ether oxygens (including phenoxy) is 1. The first kappa shape index (κ1) is 30.1. The van der Waals surface area contributed by atoms with E-state index in [0.29, 0.717) is 18.6 Å². The van der Waals surface area contributed by atoms with E-state index in [0.717, 1.165) is 36.1 Å². The fraction of sp³-hybridized carbons (Fsp3) is 0.576. The summed E-state index contributed by atoms with van der Waals surface area (Å²) in [4.78, 5) is 38.1. The van der Waals surface area contributed by atoms with Crippen LogP contribution in [0.15, 0.2) is 36.0 Å². The number of hydrogen-bond donors (Lipinski definition) is 2. The van der Waals surface area contributed by atoms with E-state index in [-0.39, 0.29) is 36.4 Å². The molecule has 1 heterocycles. The van der Waals surface area contributed by atoms with E-state index in [1.165, 1.54) is 36.4 Å². The third-order valence-corrected chi connectivity index (χ3v) is 12.8. The maximum absolute atomic E-state index is 13.6. The predicted molar refractivity (Wildman–Crippen MR) is 160 cm³/mol. The summed E-state index contributed by atoms with van der Waals surface area (Å²) in [5.41, 5.74) is 0.550. The van der Waals surface area contributed by atoms with E-state index in [1.54, 1.807) is 12.1 Å². The molecule has 2 aromatic rings. The van der Waals surface area contributed by atoms with Gasteiger partial charge in [0.1, 0.15) is 12.1 Å². The van der Waals surface area contributed by atoms with Crippen LogP contribution in [-0.2, 0) is 25.5 Å². The van der Waals surface area contributed by atoms with Gasteiger partial charge in [0.15, 0.2) is 0 Å². The van der Waals surface area contributed by atoms with Crippen LogP contribution < -0.4 is 0 Å². The van der Waals surface area contributed by atoms with Crippen LogP contribution in [-0.4, -0.2) is 60.4 Å². The number of carboxylic acids is 1. The van der Waals surface area contributed by atoms with Crippen molar-refractivity contribution < 1.29 is 33.7 Å². The second-order valence-electron chi connectivity index (χ2n) is 13.3. The lowest BCUT2D eigenvalue weighted by atomic mass is 9.45. The summed E-state index contributed by atoms with van der Waals surface area (Å²) in [5.74, 6) is -2.09. The van der Waals surface area contributed by atoms with Crippen LogP contribution in [0, 0.1) is 34.4 Å². The minimum absolute atomic E-state index is 0.0372. The number of halogens is 1. The molecule has 8 nitrogen and oxygen atoms in total. The zero-order valence-electron chi connectivity index (χ0n) is 25.0. The number of esters is 1. The van der Waals surface area contributed by atoms with Crippen LogP contribution in [0.5, 0.6) is 0 Å². The second-order valence-corrected chi connectivity index (χ2v) is 15.0. The number of fused-ring (bicyclic) bond motifs is 6. The standard InChI is InChI=1S/C33H39FN2O6S/c1-5-43-32(12-13-37)16-25-24-11-6-21-14-26-20(18-35-36(26)23-9-7-22(34)8-10-23)15-30(21,3)28(24)27(39)17-31(25,4)33(32,29(40)41)42-19(2)38/h7-10,13-14,18,24-25,27-28,39H,5-6,11-12,15-17H2,1-4H3,(H,40,41)/t24-,25-,27-,28+,30-,31-,32?,33-/m0/s1. The number of aldehydes is 1. The number of aliphatic carboxylic acids is 1. The number of nitrogens with zero attached hydrogens (tertiary/aromatic N) is 2. The summed E-state index contributed by atoms with van der Waals surface area (Å²) in [6.45, 7) is 7.20. The number of thioether (sulfide) groups is 1. The number of carbonyl (C=O) groups excluding carboxylic acids is 2. The molecule has 0 bridgehead atoms. The summed E-state index contributed by atoms with van der Waals surface area (Å²) in [6, 6.07) is 6.24. The number of hydrogen-bond acceptors (Lipinski definition) is 7. The smallest absolute Gasteiger partial charge is 0.350 e. The van der Waals surface area contributed by atoms with Crippen molar-refractivity contribution in [3.8, 4) is 5.69 Å². The van der Waals surface area contributed by atoms with Gasteiger partial charge in [-0.15, -0.1) is 0 Å². The van der Waals surface area contributed by atoms with Crippen molar-refractivity contribution in [2.24, 2.45) is 28.6 Å². The monoisotopic (exact) mass is 610 g/mol. The van der Waals surface area contributed by atoms with Gasteiger partial charge in [-0.3, -0.25) is 4.79 Å². The van der Waals surface area contributed by atoms with Crippen LogP contribution in [0.2, 0.25) is 0 Å². The molecule has 0 aliphatic heterocycles. The molecule has 0 saturated heterocycles. The average molecular weight is 611 g/mol. The molecule has 1 aromatic carbocycles. The minimum atomic E-state index is -1.96. The van der Waals surface area contributed by atoms with Crippen molar-refractivity contribution in [3.05, 3.63) is 53.1 Å². The molecule has 1 unspecified atom stereocenters. The van der Waals surface area contributed by atoms with E-state index in [4.69, 9.17) is 4.74 Å². The molecular weight excluding hydrogens is 571 g/mol. The average Bonchev–Trinajstić information content (AvgIpc) is 3.42. The highest BCUT2D eigenvalue weighted by molar-refractivity contribution is 8.00. The molecule has 3 fully saturated rings. The van der Waals surface area contributed by atoms with Gasteiger partial charge in [-0.2, -0.15) is 16.9 Å². The largest absolute Gasteiger partial charge is 0.478 e. The van der Waals surface area contributed by atoms with Gasteiger partial charge in [0.2, 0.25) is 5.60 Å². The minimum Gasteiger partial charge on any atom is -0.478 e. The van der Waals surface area contributed by atoms with Crippen LogP contribution in [0.1, 0.15) is 71.1 Å². The Bertz CT molecular complexity index is 1510. The fourth-order valence-electron chi connectivity index (χ4n) is 9.89. The number of aromatic nitrogens is 2. The lowest BCUT2D eigenvalue weighted by Crippen LogP contribution is -2.67. The van der Waals surface area contributed by atoms with Crippen molar-refractivity contribution in [3.63, 3.8) is 0 Å². The Kier molecular flexibility index (Phi) is 7.20. The van der Waals surface area contributed by atoms with Gasteiger partial charge in [-0.05, 0) is 96.9 Å². The first-order valence-corrected chi connectivity index (χ1v) is 16.1. The zero-order chi connectivity index (χ0) is 30.9. The Labute approximate surface area is 255 Å². The summed E-state index contributed by atoms with van der Waals surface area (Å²) in [7, 11) is 0. The third kappa shape index (κ3) is 4.04. The van der Waals surface area contributed by atoms with Crippen molar-refractivity contribution in [2.75, 3.05) is 5.75 Å². The third-order valence-electron chi connectivity index (χ3n) is 11.3. The number of benzene rings is 1. The van der Waals surface area contributed by atoms with E-state index in [2.05, 4.69) is 18.1 Å². The fourth-order valence-corrected chi connectivity index (χ4v) is 11.5. The molecule has 3 saturated carbocycles. The highest BCUT2D eigenvalue weighted by atomic mass is 32.2. The summed E-state index contributed by atoms with van der Waals surface area (Å²) < 4.78 is 20.2. The molecular formula is C33H39FN2O6S. The van der Waals surface area contributed by atoms with Crippen molar-refractivity contribution in [1.29, 1.82) is 0 Å². The highest BCUT2D eigenvalue weighted by Crippen LogP contribution is 2.73. The number of carboxylic acid groups (broad SMARTS) is 1. The molecule has 1 aromatic heterocycles. The van der Waals surface area contributed by atoms with Gasteiger partial charge < -0.3 is 19.7 Å². The van der Waals surface area contributed by atoms with Gasteiger partial charge in [0.25, 0.3) is 0 Å². The summed E-state index contributed by atoms with van der Waals surface area (Å²) in [6.07, 6.45) is 6.60. The predicted octanol–water partition coefficient (Wildman–Crippen LogP) is 5.24. The van der Waals surface area contributed by atoms with Gasteiger partial charge in [-0.1, -0.05) is 26.3 Å². The quantitative estimate of drug-likeness (QED) is 0.323. The van der Waals surface area contributed by atoms with Crippen LogP contribution >= 0.6 is 11.8 Å². The van der Waals surface area contributed by atoms with E-state index >= 15 is 0 Å². The Morgan fingerprint density at radius 3 is 2.58 bits per heavy atom. The molecule has 4 aliphatic carbocycles. The number of carbonyl (C=O) groups is 3. The van der Waals surface area contributed by atoms with Crippen molar-refractivity contribution >= 4 is 36.1 Å². The first-order valence-electron chi connectivity index (χ1n) is 15.1. The van der Waals surface area contributed by atoms with Gasteiger partial charge in [0.05, 0.1) is 28.4 Å². The number of aliphatic hydroxyl groups excluding tert-OH is 1. The maximum atomic E-state index is 13.6. The molecule has 0 radical (unpaired) electrons. The maximum Gasteiger partial charge on any atom is 0.350 e. The molecule has 4 aliphatic rings.